The summed E-state index contributed by atoms with van der Waals surface area (Å²) in [6.45, 7) is 2.32. The highest BCUT2D eigenvalue weighted by Crippen LogP contribution is 2.30. The number of nitrogens with one attached hydrogen (secondary N) is 2. The minimum atomic E-state index is 0.0427. The first kappa shape index (κ1) is 16.5. The van der Waals surface area contributed by atoms with Crippen molar-refractivity contribution in [1.82, 2.24) is 30.3 Å². The third-order valence-electron chi connectivity index (χ3n) is 4.25. The number of anilines is 1. The molecule has 0 fully saturated rings. The number of aromatic nitrogens is 5. The number of rotatable bonds is 6. The van der Waals surface area contributed by atoms with Crippen LogP contribution < -0.4 is 15.4 Å². The third-order valence-corrected chi connectivity index (χ3v) is 4.25. The number of hydrogen-bond acceptors (Lipinski definition) is 7. The van der Waals surface area contributed by atoms with Gasteiger partial charge in [0.2, 0.25) is 5.88 Å². The number of fused-ring (bicyclic) bond motifs is 1. The van der Waals surface area contributed by atoms with Gasteiger partial charge in [0.1, 0.15) is 6.10 Å². The van der Waals surface area contributed by atoms with Crippen molar-refractivity contribution in [1.29, 1.82) is 0 Å². The molecule has 0 unspecified atom stereocenters. The molecule has 0 spiro atoms. The fraction of sp³-hybridized carbons (Fsp3) is 0.333. The maximum absolute atomic E-state index is 6.00. The lowest BCUT2D eigenvalue weighted by atomic mass is 10.1. The average molecular weight is 351 g/mol. The zero-order chi connectivity index (χ0) is 17.8. The van der Waals surface area contributed by atoms with Crippen molar-refractivity contribution in [2.45, 2.75) is 12.5 Å². The summed E-state index contributed by atoms with van der Waals surface area (Å²) in [5.41, 5.74) is 3.96. The van der Waals surface area contributed by atoms with Crippen LogP contribution in [0.1, 0.15) is 5.69 Å². The van der Waals surface area contributed by atoms with Crippen molar-refractivity contribution in [2.75, 3.05) is 25.0 Å². The van der Waals surface area contributed by atoms with Crippen LogP contribution in [0.4, 0.5) is 5.69 Å². The summed E-state index contributed by atoms with van der Waals surface area (Å²) >= 11 is 0. The van der Waals surface area contributed by atoms with Gasteiger partial charge in [-0.05, 0) is 18.2 Å². The molecule has 0 saturated heterocycles. The van der Waals surface area contributed by atoms with E-state index in [-0.39, 0.29) is 6.10 Å². The normalized spacial score (nSPS) is 15.8. The Morgan fingerprint density at radius 1 is 1.35 bits per heavy atom. The Labute approximate surface area is 151 Å². The zero-order valence-corrected chi connectivity index (χ0v) is 14.6. The summed E-state index contributed by atoms with van der Waals surface area (Å²) in [4.78, 5) is 4.46. The molecule has 134 valence electrons. The van der Waals surface area contributed by atoms with Crippen LogP contribution in [0.2, 0.25) is 0 Å². The van der Waals surface area contributed by atoms with Gasteiger partial charge in [0, 0.05) is 56.3 Å². The van der Waals surface area contributed by atoms with Gasteiger partial charge in [-0.3, -0.25) is 4.68 Å². The second-order valence-corrected chi connectivity index (χ2v) is 6.27. The molecular weight excluding hydrogens is 330 g/mol. The van der Waals surface area contributed by atoms with E-state index in [1.165, 1.54) is 0 Å². The van der Waals surface area contributed by atoms with Gasteiger partial charge in [-0.1, -0.05) is 0 Å². The molecular formula is C18H21N7O. The number of hydrogen-bond donors (Lipinski definition) is 2. The van der Waals surface area contributed by atoms with Gasteiger partial charge in [-0.15, -0.1) is 0 Å². The van der Waals surface area contributed by atoms with Crippen LogP contribution in [-0.2, 0) is 13.5 Å². The highest BCUT2D eigenvalue weighted by molar-refractivity contribution is 5.69. The van der Waals surface area contributed by atoms with E-state index in [1.54, 1.807) is 10.9 Å². The number of pyridine rings is 1. The minimum Gasteiger partial charge on any atom is -0.470 e. The van der Waals surface area contributed by atoms with E-state index in [0.717, 1.165) is 48.6 Å². The molecule has 1 atom stereocenters. The minimum absolute atomic E-state index is 0.0427. The van der Waals surface area contributed by atoms with Gasteiger partial charge in [0.15, 0.2) is 0 Å². The second kappa shape index (κ2) is 7.49. The van der Waals surface area contributed by atoms with Crippen molar-refractivity contribution >= 4 is 5.69 Å². The topological polar surface area (TPSA) is 89.8 Å². The fourth-order valence-electron chi connectivity index (χ4n) is 2.88. The largest absolute Gasteiger partial charge is 0.470 e. The van der Waals surface area contributed by atoms with Crippen LogP contribution >= 0.6 is 0 Å². The van der Waals surface area contributed by atoms with Gasteiger partial charge in [-0.2, -0.15) is 15.3 Å². The molecule has 2 N–H and O–H groups in total. The molecule has 0 aromatic carbocycles. The molecule has 0 bridgehead atoms. The standard InChI is InChI=1S/C18H21N7O/c1-25-12-14(9-23-25)13-7-17-18(21-8-13)26-16(11-20-17)10-19-6-4-15-3-2-5-22-24-15/h2-3,5,7-9,12,16,19-20H,4,6,10-11H2,1H3/t16-/m1/s1. The molecule has 0 radical (unpaired) electrons. The Kier molecular flexibility index (Phi) is 4.74. The highest BCUT2D eigenvalue weighted by Gasteiger charge is 2.20. The third kappa shape index (κ3) is 3.80. The molecule has 3 aromatic heterocycles. The molecule has 0 amide bonds. The van der Waals surface area contributed by atoms with Crippen molar-refractivity contribution in [3.63, 3.8) is 0 Å². The zero-order valence-electron chi connectivity index (χ0n) is 14.6. The first-order valence-corrected chi connectivity index (χ1v) is 8.65. The summed E-state index contributed by atoms with van der Waals surface area (Å²) < 4.78 is 7.77. The Balaban J connectivity index is 1.30. The van der Waals surface area contributed by atoms with Gasteiger partial charge in [0.05, 0.1) is 24.1 Å². The second-order valence-electron chi connectivity index (χ2n) is 6.27. The quantitative estimate of drug-likeness (QED) is 0.647. The Morgan fingerprint density at radius 3 is 3.12 bits per heavy atom. The summed E-state index contributed by atoms with van der Waals surface area (Å²) in [5, 5.41) is 19.0. The van der Waals surface area contributed by atoms with Crippen LogP contribution in [0.15, 0.2) is 43.0 Å². The van der Waals surface area contributed by atoms with Crippen molar-refractivity contribution < 1.29 is 4.74 Å². The fourth-order valence-corrected chi connectivity index (χ4v) is 2.88. The maximum atomic E-state index is 6.00. The average Bonchev–Trinajstić information content (AvgIpc) is 3.12. The SMILES string of the molecule is Cn1cc(-c2cnc3c(c2)NC[C@@H](CNCCc2cccnn2)O3)cn1. The monoisotopic (exact) mass is 351 g/mol. The van der Waals surface area contributed by atoms with Crippen molar-refractivity contribution in [2.24, 2.45) is 7.05 Å². The molecule has 1 aliphatic heterocycles. The van der Waals surface area contributed by atoms with Crippen molar-refractivity contribution in [3.8, 4) is 17.0 Å². The first-order valence-electron chi connectivity index (χ1n) is 8.65. The Morgan fingerprint density at radius 2 is 2.31 bits per heavy atom. The van der Waals surface area contributed by atoms with Gasteiger partial charge >= 0.3 is 0 Å². The van der Waals surface area contributed by atoms with Crippen LogP contribution in [-0.4, -0.2) is 50.7 Å². The lowest BCUT2D eigenvalue weighted by Gasteiger charge is -2.27. The van der Waals surface area contributed by atoms with Crippen LogP contribution in [0.5, 0.6) is 5.88 Å². The van der Waals surface area contributed by atoms with Crippen LogP contribution in [0, 0.1) is 0 Å². The Bertz CT molecular complexity index is 865. The van der Waals surface area contributed by atoms with Crippen LogP contribution in [0.25, 0.3) is 11.1 Å². The van der Waals surface area contributed by atoms with Gasteiger partial charge in [-0.25, -0.2) is 4.98 Å². The van der Waals surface area contributed by atoms with E-state index in [9.17, 15) is 0 Å². The van der Waals surface area contributed by atoms with Gasteiger partial charge in [0.25, 0.3) is 0 Å². The summed E-state index contributed by atoms with van der Waals surface area (Å²) in [6.07, 6.45) is 8.19. The predicted octanol–water partition coefficient (Wildman–Crippen LogP) is 1.28. The molecule has 8 nitrogen and oxygen atoms in total. The lowest BCUT2D eigenvalue weighted by molar-refractivity contribution is 0.194. The predicted molar refractivity (Wildman–Crippen MR) is 98.0 cm³/mol. The number of nitrogens with zero attached hydrogens (tertiary/aromatic N) is 5. The van der Waals surface area contributed by atoms with E-state index < -0.39 is 0 Å². The first-order chi connectivity index (χ1) is 12.8. The summed E-state index contributed by atoms with van der Waals surface area (Å²) in [6, 6.07) is 5.93. The van der Waals surface area contributed by atoms with E-state index in [4.69, 9.17) is 4.74 Å². The smallest absolute Gasteiger partial charge is 0.237 e. The molecule has 8 heteroatoms. The van der Waals surface area contributed by atoms with E-state index >= 15 is 0 Å². The maximum Gasteiger partial charge on any atom is 0.237 e. The van der Waals surface area contributed by atoms with Gasteiger partial charge < -0.3 is 15.4 Å². The lowest BCUT2D eigenvalue weighted by Crippen LogP contribution is -2.40. The molecule has 4 rings (SSSR count). The molecule has 26 heavy (non-hydrogen) atoms. The van der Waals surface area contributed by atoms with Crippen molar-refractivity contribution in [3.05, 3.63) is 48.7 Å². The molecule has 1 aliphatic rings. The van der Waals surface area contributed by atoms with E-state index in [0.29, 0.717) is 5.88 Å². The molecule has 0 aliphatic carbocycles. The number of aryl methyl sites for hydroxylation is 1. The summed E-state index contributed by atoms with van der Waals surface area (Å²) in [5.74, 6) is 0.643. The van der Waals surface area contributed by atoms with Crippen LogP contribution in [0.3, 0.4) is 0 Å². The number of ether oxygens (including phenoxy) is 1. The molecule has 0 saturated carbocycles. The molecule has 3 aromatic rings. The van der Waals surface area contributed by atoms with E-state index in [2.05, 4.69) is 37.0 Å². The summed E-state index contributed by atoms with van der Waals surface area (Å²) in [7, 11) is 1.90. The highest BCUT2D eigenvalue weighted by atomic mass is 16.5. The van der Waals surface area contributed by atoms with E-state index in [1.807, 2.05) is 37.8 Å². The molecule has 4 heterocycles. The Hall–Kier alpha value is -3.00.